The van der Waals surface area contributed by atoms with Crippen molar-refractivity contribution >= 4 is 31.2 Å². The maximum absolute atomic E-state index is 13.6. The van der Waals surface area contributed by atoms with Crippen LogP contribution < -0.4 is 5.14 Å². The highest BCUT2D eigenvalue weighted by Gasteiger charge is 2.27. The number of primary sulfonamides is 1. The van der Waals surface area contributed by atoms with E-state index in [1.165, 1.54) is 48.5 Å². The molecule has 1 heterocycles. The zero-order valence-corrected chi connectivity index (χ0v) is 18.8. The quantitative estimate of drug-likeness (QED) is 0.429. The van der Waals surface area contributed by atoms with Gasteiger partial charge in [-0.25, -0.2) is 40.1 Å². The molecule has 0 fully saturated rings. The molecule has 0 spiro atoms. The molecule has 12 heteroatoms. The van der Waals surface area contributed by atoms with Crippen LogP contribution in [0.5, 0.6) is 0 Å². The molecule has 0 unspecified atom stereocenters. The van der Waals surface area contributed by atoms with Gasteiger partial charge >= 0.3 is 0 Å². The van der Waals surface area contributed by atoms with E-state index in [0.717, 1.165) is 11.3 Å². The summed E-state index contributed by atoms with van der Waals surface area (Å²) >= 11 is 0.720. The van der Waals surface area contributed by atoms with E-state index in [0.29, 0.717) is 34.2 Å². The Balaban J connectivity index is 1.91. The van der Waals surface area contributed by atoms with Gasteiger partial charge in [-0.05, 0) is 54.1 Å². The highest BCUT2D eigenvalue weighted by atomic mass is 32.2. The molecule has 2 N–H and O–H groups in total. The summed E-state index contributed by atoms with van der Waals surface area (Å²) in [5, 5.41) is 5.12. The van der Waals surface area contributed by atoms with Crippen molar-refractivity contribution in [3.63, 3.8) is 0 Å². The zero-order chi connectivity index (χ0) is 24.0. The Morgan fingerprint density at radius 2 is 1.24 bits per heavy atom. The molecule has 1 aromatic heterocycles. The van der Waals surface area contributed by atoms with E-state index in [1.54, 1.807) is 0 Å². The third-order valence-electron chi connectivity index (χ3n) is 4.55. The van der Waals surface area contributed by atoms with Crippen LogP contribution in [0.2, 0.25) is 0 Å². The van der Waals surface area contributed by atoms with E-state index < -0.39 is 46.5 Å². The third-order valence-corrected chi connectivity index (χ3v) is 8.69. The monoisotopic (exact) mass is 510 g/mol. The van der Waals surface area contributed by atoms with Gasteiger partial charge in [-0.2, -0.15) is 0 Å². The summed E-state index contributed by atoms with van der Waals surface area (Å²) in [4.78, 5) is 3.74. The lowest BCUT2D eigenvalue weighted by Gasteiger charge is -2.04. The molecule has 170 valence electrons. The number of aromatic nitrogens is 1. The number of sulfonamides is 1. The van der Waals surface area contributed by atoms with Gasteiger partial charge in [0, 0.05) is 11.6 Å². The molecule has 4 aromatic rings. The Hall–Kier alpha value is -3.06. The number of nitrogens with zero attached hydrogens (tertiary/aromatic N) is 1. The van der Waals surface area contributed by atoms with Crippen LogP contribution in [0.1, 0.15) is 0 Å². The first-order valence-electron chi connectivity index (χ1n) is 9.06. The molecule has 0 saturated heterocycles. The van der Waals surface area contributed by atoms with E-state index in [4.69, 9.17) is 5.14 Å². The van der Waals surface area contributed by atoms with Gasteiger partial charge in [0.05, 0.1) is 20.4 Å². The molecule has 0 aliphatic carbocycles. The first-order valence-corrected chi connectivity index (χ1v) is 12.9. The third kappa shape index (κ3) is 4.69. The Morgan fingerprint density at radius 1 is 0.697 bits per heavy atom. The minimum absolute atomic E-state index is 0.151. The number of benzene rings is 3. The SMILES string of the molecule is NS(=O)(=O)c1ccc(-c2sc(S(=O)(=O)c3cc(F)cc(F)c3)nc2-c2ccc(F)cc2)cc1. The molecule has 0 bridgehead atoms. The number of nitrogens with two attached hydrogens (primary N) is 1. The zero-order valence-electron chi connectivity index (χ0n) is 16.4. The van der Waals surface area contributed by atoms with E-state index >= 15 is 0 Å². The predicted octanol–water partition coefficient (Wildman–Crippen LogP) is 4.37. The fourth-order valence-electron chi connectivity index (χ4n) is 3.00. The number of thiazole rings is 1. The van der Waals surface area contributed by atoms with Crippen LogP contribution >= 0.6 is 11.3 Å². The van der Waals surface area contributed by atoms with Crippen LogP contribution in [-0.2, 0) is 19.9 Å². The fraction of sp³-hybridized carbons (Fsp3) is 0. The molecule has 0 amide bonds. The highest BCUT2D eigenvalue weighted by Crippen LogP contribution is 2.40. The molecule has 0 atom stereocenters. The standard InChI is InChI=1S/C21H13F3N2O4S3/c22-14-5-1-12(2-6-14)19-20(13-3-7-17(8-4-13)33(25,29)30)31-21(26-19)32(27,28)18-10-15(23)9-16(24)11-18/h1-11H,(H2,25,29,30). The van der Waals surface area contributed by atoms with Crippen LogP contribution in [0, 0.1) is 17.5 Å². The van der Waals surface area contributed by atoms with Gasteiger partial charge in [0.1, 0.15) is 17.5 Å². The second-order valence-electron chi connectivity index (χ2n) is 6.84. The topological polar surface area (TPSA) is 107 Å². The second-order valence-corrected chi connectivity index (χ2v) is 11.5. The summed E-state index contributed by atoms with van der Waals surface area (Å²) in [6.07, 6.45) is 0. The predicted molar refractivity (Wildman–Crippen MR) is 116 cm³/mol. The molecule has 0 radical (unpaired) electrons. The fourth-order valence-corrected chi connectivity index (χ4v) is 6.26. The second kappa shape index (κ2) is 8.37. The van der Waals surface area contributed by atoms with Crippen LogP contribution in [-0.4, -0.2) is 21.8 Å². The lowest BCUT2D eigenvalue weighted by molar-refractivity contribution is 0.567. The summed E-state index contributed by atoms with van der Waals surface area (Å²) in [6, 6.07) is 12.3. The average molecular weight is 511 g/mol. The van der Waals surface area contributed by atoms with Crippen molar-refractivity contribution in [2.24, 2.45) is 5.14 Å². The Bertz CT molecular complexity index is 1550. The van der Waals surface area contributed by atoms with E-state index in [9.17, 15) is 30.0 Å². The summed E-state index contributed by atoms with van der Waals surface area (Å²) in [5.41, 5.74) is 0.954. The summed E-state index contributed by atoms with van der Waals surface area (Å²) in [6.45, 7) is 0. The lowest BCUT2D eigenvalue weighted by Crippen LogP contribution is -2.11. The Morgan fingerprint density at radius 3 is 1.79 bits per heavy atom. The first-order chi connectivity index (χ1) is 15.4. The summed E-state index contributed by atoms with van der Waals surface area (Å²) < 4.78 is 89.5. The Kier molecular flexibility index (Phi) is 5.86. The number of hydrogen-bond donors (Lipinski definition) is 1. The molecule has 3 aromatic carbocycles. The van der Waals surface area contributed by atoms with Gasteiger partial charge < -0.3 is 0 Å². The largest absolute Gasteiger partial charge is 0.238 e. The maximum atomic E-state index is 13.6. The van der Waals surface area contributed by atoms with E-state index in [-0.39, 0.29) is 10.6 Å². The van der Waals surface area contributed by atoms with Gasteiger partial charge in [-0.3, -0.25) is 0 Å². The van der Waals surface area contributed by atoms with Crippen molar-refractivity contribution in [2.45, 2.75) is 14.1 Å². The number of halogens is 3. The van der Waals surface area contributed by atoms with Gasteiger partial charge in [0.25, 0.3) is 0 Å². The minimum Gasteiger partial charge on any atom is -0.225 e. The summed E-state index contributed by atoms with van der Waals surface area (Å²) in [5.74, 6) is -2.65. The summed E-state index contributed by atoms with van der Waals surface area (Å²) in [7, 11) is -8.36. The Labute approximate surface area is 191 Å². The van der Waals surface area contributed by atoms with Crippen LogP contribution in [0.25, 0.3) is 21.7 Å². The molecule has 6 nitrogen and oxygen atoms in total. The molecule has 0 aliphatic rings. The van der Waals surface area contributed by atoms with Gasteiger partial charge in [-0.1, -0.05) is 12.1 Å². The number of rotatable bonds is 5. The van der Waals surface area contributed by atoms with Crippen molar-refractivity contribution in [2.75, 3.05) is 0 Å². The molecule has 33 heavy (non-hydrogen) atoms. The van der Waals surface area contributed by atoms with E-state index in [1.807, 2.05) is 0 Å². The molecular weight excluding hydrogens is 497 g/mol. The first kappa shape index (κ1) is 23.1. The van der Waals surface area contributed by atoms with Gasteiger partial charge in [0.15, 0.2) is 0 Å². The number of hydrogen-bond acceptors (Lipinski definition) is 6. The lowest BCUT2D eigenvalue weighted by atomic mass is 10.1. The van der Waals surface area contributed by atoms with Crippen molar-refractivity contribution in [3.8, 4) is 21.7 Å². The van der Waals surface area contributed by atoms with E-state index in [2.05, 4.69) is 4.98 Å². The van der Waals surface area contributed by atoms with Crippen molar-refractivity contribution in [1.82, 2.24) is 4.98 Å². The maximum Gasteiger partial charge on any atom is 0.238 e. The van der Waals surface area contributed by atoms with Crippen LogP contribution in [0.3, 0.4) is 0 Å². The highest BCUT2D eigenvalue weighted by molar-refractivity contribution is 7.93. The molecular formula is C21H13F3N2O4S3. The van der Waals surface area contributed by atoms with Gasteiger partial charge in [-0.15, -0.1) is 11.3 Å². The molecule has 0 aliphatic heterocycles. The van der Waals surface area contributed by atoms with Gasteiger partial charge in [0.2, 0.25) is 24.2 Å². The van der Waals surface area contributed by atoms with Crippen molar-refractivity contribution in [1.29, 1.82) is 0 Å². The van der Waals surface area contributed by atoms with Crippen molar-refractivity contribution in [3.05, 3.63) is 84.2 Å². The smallest absolute Gasteiger partial charge is 0.225 e. The van der Waals surface area contributed by atoms with Crippen LogP contribution in [0.4, 0.5) is 13.2 Å². The number of sulfone groups is 1. The molecule has 4 rings (SSSR count). The van der Waals surface area contributed by atoms with Crippen molar-refractivity contribution < 1.29 is 30.0 Å². The normalized spacial score (nSPS) is 12.1. The van der Waals surface area contributed by atoms with Crippen LogP contribution in [0.15, 0.2) is 80.9 Å². The average Bonchev–Trinajstić information content (AvgIpc) is 3.19. The minimum atomic E-state index is -4.40. The molecule has 0 saturated carbocycles.